The van der Waals surface area contributed by atoms with Gasteiger partial charge in [0.25, 0.3) is 5.91 Å². The van der Waals surface area contributed by atoms with E-state index < -0.39 is 29.2 Å². The lowest BCUT2D eigenvalue weighted by atomic mass is 10.00. The number of rotatable bonds is 6. The van der Waals surface area contributed by atoms with Gasteiger partial charge in [-0.15, -0.1) is 0 Å². The van der Waals surface area contributed by atoms with E-state index in [-0.39, 0.29) is 17.8 Å². The third-order valence-corrected chi connectivity index (χ3v) is 5.37. The molecular formula is C22H23F6N3O2. The number of nitrogens with zero attached hydrogens (tertiary/aromatic N) is 1. The molecule has 0 radical (unpaired) electrons. The number of carbonyl (C=O) groups is 1. The quantitative estimate of drug-likeness (QED) is 0.536. The van der Waals surface area contributed by atoms with Crippen LogP contribution in [0.4, 0.5) is 37.8 Å². The van der Waals surface area contributed by atoms with E-state index in [4.69, 9.17) is 4.74 Å². The number of anilines is 2. The lowest BCUT2D eigenvalue weighted by Gasteiger charge is -2.22. The van der Waals surface area contributed by atoms with Gasteiger partial charge in [0, 0.05) is 31.6 Å². The molecule has 33 heavy (non-hydrogen) atoms. The fourth-order valence-electron chi connectivity index (χ4n) is 3.52. The molecule has 3 rings (SSSR count). The van der Waals surface area contributed by atoms with Crippen molar-refractivity contribution in [2.24, 2.45) is 5.92 Å². The first-order chi connectivity index (χ1) is 15.5. The molecule has 1 amide bonds. The van der Waals surface area contributed by atoms with Gasteiger partial charge < -0.3 is 15.4 Å². The zero-order valence-corrected chi connectivity index (χ0v) is 17.7. The number of alkyl halides is 6. The van der Waals surface area contributed by atoms with Crippen LogP contribution in [0, 0.1) is 5.92 Å². The van der Waals surface area contributed by atoms with Crippen molar-refractivity contribution in [1.29, 1.82) is 0 Å². The number of ether oxygens (including phenoxy) is 1. The van der Waals surface area contributed by atoms with E-state index in [0.29, 0.717) is 55.4 Å². The van der Waals surface area contributed by atoms with E-state index in [1.165, 1.54) is 12.3 Å². The molecule has 0 unspecified atom stereocenters. The third kappa shape index (κ3) is 6.59. The number of hydrogen-bond donors (Lipinski definition) is 2. The molecule has 1 aliphatic rings. The number of carbonyl (C=O) groups excluding carboxylic acids is 1. The summed E-state index contributed by atoms with van der Waals surface area (Å²) in [6.45, 7) is 3.55. The van der Waals surface area contributed by atoms with E-state index in [1.807, 2.05) is 0 Å². The van der Waals surface area contributed by atoms with Crippen LogP contribution >= 0.6 is 0 Å². The molecule has 2 N–H and O–H groups in total. The molecule has 1 saturated heterocycles. The highest BCUT2D eigenvalue weighted by molar-refractivity contribution is 5.95. The van der Waals surface area contributed by atoms with Crippen LogP contribution in [0.25, 0.3) is 0 Å². The molecule has 0 bridgehead atoms. The molecule has 1 aromatic carbocycles. The second kappa shape index (κ2) is 9.98. The number of aryl methyl sites for hydroxylation is 1. The lowest BCUT2D eigenvalue weighted by Crippen LogP contribution is -2.32. The smallest absolute Gasteiger partial charge is 0.381 e. The number of pyridine rings is 1. The maximum Gasteiger partial charge on any atom is 0.416 e. The van der Waals surface area contributed by atoms with E-state index >= 15 is 0 Å². The summed E-state index contributed by atoms with van der Waals surface area (Å²) in [7, 11) is 0. The minimum absolute atomic E-state index is 0.0280. The van der Waals surface area contributed by atoms with Crippen LogP contribution in [-0.4, -0.2) is 30.6 Å². The molecule has 0 saturated carbocycles. The first-order valence-corrected chi connectivity index (χ1v) is 10.4. The second-order valence-electron chi connectivity index (χ2n) is 7.77. The Morgan fingerprint density at radius 3 is 2.18 bits per heavy atom. The van der Waals surface area contributed by atoms with Gasteiger partial charge in [-0.05, 0) is 55.0 Å². The van der Waals surface area contributed by atoms with Crippen LogP contribution in [0.15, 0.2) is 30.5 Å². The highest BCUT2D eigenvalue weighted by atomic mass is 19.4. The summed E-state index contributed by atoms with van der Waals surface area (Å²) in [4.78, 5) is 16.6. The van der Waals surface area contributed by atoms with E-state index in [2.05, 4.69) is 15.6 Å². The minimum Gasteiger partial charge on any atom is -0.381 e. The van der Waals surface area contributed by atoms with Crippen molar-refractivity contribution in [2.45, 2.75) is 38.5 Å². The predicted octanol–water partition coefficient (Wildman–Crippen LogP) is 5.58. The molecule has 180 valence electrons. The zero-order valence-electron chi connectivity index (χ0n) is 17.7. The summed E-state index contributed by atoms with van der Waals surface area (Å²) in [5.41, 5.74) is -2.42. The molecule has 2 heterocycles. The first-order valence-electron chi connectivity index (χ1n) is 10.4. The Bertz CT molecular complexity index is 953. The molecule has 11 heteroatoms. The topological polar surface area (TPSA) is 63.2 Å². The Hall–Kier alpha value is -2.82. The average molecular weight is 475 g/mol. The Labute approximate surface area is 186 Å². The van der Waals surface area contributed by atoms with Crippen LogP contribution in [0.2, 0.25) is 0 Å². The summed E-state index contributed by atoms with van der Waals surface area (Å²) in [6.07, 6.45) is -6.54. The number of hydrogen-bond acceptors (Lipinski definition) is 4. The Kier molecular flexibility index (Phi) is 7.51. The molecule has 0 aliphatic carbocycles. The lowest BCUT2D eigenvalue weighted by molar-refractivity contribution is -0.143. The summed E-state index contributed by atoms with van der Waals surface area (Å²) in [5, 5.41) is 5.35. The largest absolute Gasteiger partial charge is 0.416 e. The van der Waals surface area contributed by atoms with Gasteiger partial charge in [0.05, 0.1) is 16.7 Å². The second-order valence-corrected chi connectivity index (χ2v) is 7.77. The van der Waals surface area contributed by atoms with Gasteiger partial charge in [-0.2, -0.15) is 26.3 Å². The van der Waals surface area contributed by atoms with Gasteiger partial charge in [0.15, 0.2) is 0 Å². The Morgan fingerprint density at radius 2 is 1.64 bits per heavy atom. The molecule has 0 atom stereocenters. The van der Waals surface area contributed by atoms with Gasteiger partial charge in [0.1, 0.15) is 5.82 Å². The van der Waals surface area contributed by atoms with Crippen molar-refractivity contribution < 1.29 is 35.9 Å². The highest BCUT2D eigenvalue weighted by Crippen LogP contribution is 2.38. The van der Waals surface area contributed by atoms with Crippen LogP contribution in [0.3, 0.4) is 0 Å². The van der Waals surface area contributed by atoms with Crippen molar-refractivity contribution in [3.8, 4) is 0 Å². The molecule has 1 aliphatic heterocycles. The fraction of sp³-hybridized carbons (Fsp3) is 0.455. The van der Waals surface area contributed by atoms with Crippen molar-refractivity contribution in [3.63, 3.8) is 0 Å². The van der Waals surface area contributed by atoms with E-state index in [0.717, 1.165) is 12.8 Å². The van der Waals surface area contributed by atoms with Crippen LogP contribution in [0.1, 0.15) is 46.8 Å². The van der Waals surface area contributed by atoms with Crippen molar-refractivity contribution in [3.05, 3.63) is 52.7 Å². The summed E-state index contributed by atoms with van der Waals surface area (Å²) in [5.74, 6) is 0.00140. The number of benzene rings is 1. The average Bonchev–Trinajstić information content (AvgIpc) is 2.76. The predicted molar refractivity (Wildman–Crippen MR) is 109 cm³/mol. The Morgan fingerprint density at radius 1 is 1.03 bits per heavy atom. The van der Waals surface area contributed by atoms with Crippen LogP contribution in [-0.2, 0) is 23.5 Å². The van der Waals surface area contributed by atoms with Gasteiger partial charge in [-0.3, -0.25) is 4.79 Å². The van der Waals surface area contributed by atoms with E-state index in [1.54, 1.807) is 6.92 Å². The van der Waals surface area contributed by atoms with Crippen LogP contribution < -0.4 is 10.6 Å². The summed E-state index contributed by atoms with van der Waals surface area (Å²) in [6, 6.07) is 2.66. The maximum absolute atomic E-state index is 13.1. The first kappa shape index (κ1) is 24.8. The highest BCUT2D eigenvalue weighted by Gasteiger charge is 2.37. The summed E-state index contributed by atoms with van der Waals surface area (Å²) < 4.78 is 83.8. The van der Waals surface area contributed by atoms with Crippen molar-refractivity contribution in [2.75, 3.05) is 25.1 Å². The summed E-state index contributed by atoms with van der Waals surface area (Å²) >= 11 is 0. The van der Waals surface area contributed by atoms with Crippen LogP contribution in [0.5, 0.6) is 0 Å². The Balaban J connectivity index is 1.80. The van der Waals surface area contributed by atoms with Gasteiger partial charge >= 0.3 is 12.4 Å². The number of nitrogens with one attached hydrogen (secondary N) is 2. The molecular weight excluding hydrogens is 452 g/mol. The monoisotopic (exact) mass is 475 g/mol. The fourth-order valence-corrected chi connectivity index (χ4v) is 3.52. The maximum atomic E-state index is 13.1. The molecule has 1 aromatic heterocycles. The number of amides is 1. The van der Waals surface area contributed by atoms with Crippen molar-refractivity contribution >= 4 is 17.4 Å². The third-order valence-electron chi connectivity index (χ3n) is 5.37. The number of aromatic nitrogens is 1. The van der Waals surface area contributed by atoms with Gasteiger partial charge in [-0.25, -0.2) is 4.98 Å². The van der Waals surface area contributed by atoms with Crippen molar-refractivity contribution in [1.82, 2.24) is 10.3 Å². The standard InChI is InChI=1S/C22H23F6N3O2/c1-2-14-7-19(29-12-18(14)20(32)30-11-13-3-5-33-6-4-13)31-17-9-15(21(23,24)25)8-16(10-17)22(26,27)28/h7-10,12-13H,2-6,11H2,1H3,(H,29,31)(H,30,32). The van der Waals surface area contributed by atoms with E-state index in [9.17, 15) is 31.1 Å². The normalized spacial score (nSPS) is 15.4. The SMILES string of the molecule is CCc1cc(Nc2cc(C(F)(F)F)cc(C(F)(F)F)c2)ncc1C(=O)NCC1CCOCC1. The molecule has 2 aromatic rings. The molecule has 1 fully saturated rings. The minimum atomic E-state index is -4.95. The zero-order chi connectivity index (χ0) is 24.2. The van der Waals surface area contributed by atoms with Gasteiger partial charge in [0.2, 0.25) is 0 Å². The number of halogens is 6. The van der Waals surface area contributed by atoms with Gasteiger partial charge in [-0.1, -0.05) is 6.92 Å². The molecule has 0 spiro atoms. The molecule has 5 nitrogen and oxygen atoms in total.